The summed E-state index contributed by atoms with van der Waals surface area (Å²) < 4.78 is 11.5. The zero-order valence-electron chi connectivity index (χ0n) is 14.5. The number of carboxylic acid groups (broad SMARTS) is 1. The van der Waals surface area contributed by atoms with E-state index in [9.17, 15) is 9.90 Å². The molecule has 0 radical (unpaired) electrons. The molecule has 1 saturated carbocycles. The van der Waals surface area contributed by atoms with Gasteiger partial charge in [0.05, 0.1) is 12.2 Å². The summed E-state index contributed by atoms with van der Waals surface area (Å²) in [5, 5.41) is 9.26. The third-order valence-corrected chi connectivity index (χ3v) is 4.43. The Morgan fingerprint density at radius 3 is 2.54 bits per heavy atom. The summed E-state index contributed by atoms with van der Waals surface area (Å²) in [5.41, 5.74) is -1.09. The highest BCUT2D eigenvalue weighted by Crippen LogP contribution is 2.40. The van der Waals surface area contributed by atoms with Crippen LogP contribution in [-0.2, 0) is 9.53 Å². The summed E-state index contributed by atoms with van der Waals surface area (Å²) in [6.07, 6.45) is 3.50. The van der Waals surface area contributed by atoms with Crippen molar-refractivity contribution in [2.75, 3.05) is 18.0 Å². The first-order valence-electron chi connectivity index (χ1n) is 8.56. The Kier molecular flexibility index (Phi) is 4.62. The molecule has 0 spiro atoms. The summed E-state index contributed by atoms with van der Waals surface area (Å²) in [5.74, 6) is 0.802. The molecule has 2 heterocycles. The molecule has 132 valence electrons. The van der Waals surface area contributed by atoms with E-state index in [1.54, 1.807) is 13.0 Å². The van der Waals surface area contributed by atoms with Gasteiger partial charge < -0.3 is 19.5 Å². The number of carbonyl (C=O) groups is 1. The molecule has 0 atom stereocenters. The highest BCUT2D eigenvalue weighted by atomic mass is 16.5. The second kappa shape index (κ2) is 6.55. The van der Waals surface area contributed by atoms with Gasteiger partial charge in [-0.2, -0.15) is 4.98 Å². The quantitative estimate of drug-likeness (QED) is 0.853. The highest BCUT2D eigenvalue weighted by molar-refractivity contribution is 5.81. The molecular weight excluding hydrogens is 310 g/mol. The summed E-state index contributed by atoms with van der Waals surface area (Å²) >= 11 is 0. The first kappa shape index (κ1) is 17.0. The molecule has 0 amide bonds. The average molecular weight is 335 g/mol. The normalized spacial score (nSPS) is 20.2. The van der Waals surface area contributed by atoms with Crippen LogP contribution in [-0.4, -0.2) is 51.9 Å². The number of aryl methyl sites for hydroxylation is 1. The molecule has 1 saturated heterocycles. The van der Waals surface area contributed by atoms with Crippen molar-refractivity contribution in [1.82, 2.24) is 9.97 Å². The topological polar surface area (TPSA) is 84.8 Å². The molecule has 24 heavy (non-hydrogen) atoms. The lowest BCUT2D eigenvalue weighted by molar-refractivity contribution is -0.147. The van der Waals surface area contributed by atoms with Crippen LogP contribution < -0.4 is 9.64 Å². The molecule has 2 aliphatic rings. The van der Waals surface area contributed by atoms with Crippen LogP contribution in [0.2, 0.25) is 0 Å². The summed E-state index contributed by atoms with van der Waals surface area (Å²) in [4.78, 5) is 22.2. The largest absolute Gasteiger partial charge is 0.478 e. The van der Waals surface area contributed by atoms with Gasteiger partial charge in [-0.15, -0.1) is 0 Å². The van der Waals surface area contributed by atoms with Gasteiger partial charge in [0, 0.05) is 32.0 Å². The van der Waals surface area contributed by atoms with Crippen LogP contribution >= 0.6 is 0 Å². The van der Waals surface area contributed by atoms with Gasteiger partial charge in [-0.25, -0.2) is 9.78 Å². The van der Waals surface area contributed by atoms with E-state index in [1.165, 1.54) is 0 Å². The Labute approximate surface area is 142 Å². The van der Waals surface area contributed by atoms with Gasteiger partial charge in [0.15, 0.2) is 0 Å². The maximum atomic E-state index is 11.3. The van der Waals surface area contributed by atoms with Crippen LogP contribution in [0.15, 0.2) is 6.07 Å². The lowest BCUT2D eigenvalue weighted by atomic mass is 10.1. The smallest absolute Gasteiger partial charge is 0.348 e. The molecule has 1 aliphatic heterocycles. The maximum absolute atomic E-state index is 11.3. The Balaban J connectivity index is 1.67. The summed E-state index contributed by atoms with van der Waals surface area (Å²) in [6.45, 7) is 7.62. The van der Waals surface area contributed by atoms with E-state index in [0.29, 0.717) is 30.7 Å². The Bertz CT molecular complexity index is 608. The van der Waals surface area contributed by atoms with E-state index in [1.807, 2.05) is 0 Å². The molecule has 3 rings (SSSR count). The standard InChI is InChI=1S/C17H25N3O4/c1-11(2)23-13-4-8-20(9-5-13)14-10-15(19-12(3)18-14)24-17(6-7-17)16(21)22/h10-11,13H,4-9H2,1-3H3,(H,21,22). The highest BCUT2D eigenvalue weighted by Gasteiger charge is 2.54. The molecule has 7 nitrogen and oxygen atoms in total. The van der Waals surface area contributed by atoms with Gasteiger partial charge in [-0.3, -0.25) is 0 Å². The van der Waals surface area contributed by atoms with E-state index in [2.05, 4.69) is 28.7 Å². The monoisotopic (exact) mass is 335 g/mol. The number of rotatable bonds is 6. The third-order valence-electron chi connectivity index (χ3n) is 4.43. The van der Waals surface area contributed by atoms with Crippen molar-refractivity contribution in [3.63, 3.8) is 0 Å². The molecule has 1 aromatic heterocycles. The van der Waals surface area contributed by atoms with Crippen LogP contribution in [0.3, 0.4) is 0 Å². The minimum absolute atomic E-state index is 0.244. The van der Waals surface area contributed by atoms with E-state index in [0.717, 1.165) is 31.7 Å². The molecule has 0 bridgehead atoms. The van der Waals surface area contributed by atoms with Crippen LogP contribution in [0.1, 0.15) is 45.4 Å². The molecule has 2 fully saturated rings. The minimum atomic E-state index is -1.09. The SMILES string of the molecule is Cc1nc(OC2(C(=O)O)CC2)cc(N2CCC(OC(C)C)CC2)n1. The van der Waals surface area contributed by atoms with Crippen LogP contribution in [0.4, 0.5) is 5.82 Å². The van der Waals surface area contributed by atoms with Crippen LogP contribution in [0, 0.1) is 6.92 Å². The Morgan fingerprint density at radius 2 is 2.00 bits per heavy atom. The van der Waals surface area contributed by atoms with Crippen molar-refractivity contribution in [2.45, 2.75) is 64.3 Å². The van der Waals surface area contributed by atoms with E-state index < -0.39 is 11.6 Å². The van der Waals surface area contributed by atoms with Crippen molar-refractivity contribution in [1.29, 1.82) is 0 Å². The number of aliphatic carboxylic acids is 1. The molecule has 1 aromatic rings. The number of anilines is 1. The number of ether oxygens (including phenoxy) is 2. The predicted octanol–water partition coefficient (Wildman–Crippen LogP) is 2.17. The van der Waals surface area contributed by atoms with E-state index in [-0.39, 0.29) is 6.10 Å². The Morgan fingerprint density at radius 1 is 1.33 bits per heavy atom. The van der Waals surface area contributed by atoms with Crippen molar-refractivity contribution in [3.05, 3.63) is 11.9 Å². The first-order chi connectivity index (χ1) is 11.4. The molecular formula is C17H25N3O4. The summed E-state index contributed by atoms with van der Waals surface area (Å²) in [6, 6.07) is 1.75. The van der Waals surface area contributed by atoms with Crippen molar-refractivity contribution in [2.24, 2.45) is 0 Å². The number of nitrogens with zero attached hydrogens (tertiary/aromatic N) is 3. The van der Waals surface area contributed by atoms with Crippen molar-refractivity contribution >= 4 is 11.8 Å². The van der Waals surface area contributed by atoms with E-state index >= 15 is 0 Å². The van der Waals surface area contributed by atoms with Gasteiger partial charge in [0.25, 0.3) is 0 Å². The number of hydrogen-bond acceptors (Lipinski definition) is 6. The predicted molar refractivity (Wildman–Crippen MR) is 88.5 cm³/mol. The number of hydrogen-bond donors (Lipinski definition) is 1. The number of aromatic nitrogens is 2. The maximum Gasteiger partial charge on any atom is 0.348 e. The molecule has 1 N–H and O–H groups in total. The van der Waals surface area contributed by atoms with E-state index in [4.69, 9.17) is 9.47 Å². The second-order valence-electron chi connectivity index (χ2n) is 6.88. The van der Waals surface area contributed by atoms with Crippen LogP contribution in [0.25, 0.3) is 0 Å². The lowest BCUT2D eigenvalue weighted by Crippen LogP contribution is -2.38. The first-order valence-corrected chi connectivity index (χ1v) is 8.56. The molecule has 7 heteroatoms. The number of carboxylic acids is 1. The molecule has 0 unspecified atom stereocenters. The third kappa shape index (κ3) is 3.77. The number of piperidine rings is 1. The van der Waals surface area contributed by atoms with Crippen molar-refractivity contribution < 1.29 is 19.4 Å². The fourth-order valence-corrected chi connectivity index (χ4v) is 3.02. The Hall–Kier alpha value is -1.89. The minimum Gasteiger partial charge on any atom is -0.478 e. The lowest BCUT2D eigenvalue weighted by Gasteiger charge is -2.33. The summed E-state index contributed by atoms with van der Waals surface area (Å²) in [7, 11) is 0. The van der Waals surface area contributed by atoms with Gasteiger partial charge >= 0.3 is 5.97 Å². The molecule has 1 aliphatic carbocycles. The van der Waals surface area contributed by atoms with Gasteiger partial charge in [-0.1, -0.05) is 0 Å². The van der Waals surface area contributed by atoms with Crippen LogP contribution in [0.5, 0.6) is 5.88 Å². The fourth-order valence-electron chi connectivity index (χ4n) is 3.02. The van der Waals surface area contributed by atoms with Gasteiger partial charge in [-0.05, 0) is 33.6 Å². The second-order valence-corrected chi connectivity index (χ2v) is 6.88. The van der Waals surface area contributed by atoms with Gasteiger partial charge in [0.1, 0.15) is 11.6 Å². The van der Waals surface area contributed by atoms with Crippen molar-refractivity contribution in [3.8, 4) is 5.88 Å². The molecule has 0 aromatic carbocycles. The zero-order valence-corrected chi connectivity index (χ0v) is 14.5. The van der Waals surface area contributed by atoms with Gasteiger partial charge in [0.2, 0.25) is 11.5 Å². The fraction of sp³-hybridized carbons (Fsp3) is 0.706. The zero-order chi connectivity index (χ0) is 17.3. The average Bonchev–Trinajstić information content (AvgIpc) is 3.27.